The molecule has 0 N–H and O–H groups in total. The van der Waals surface area contributed by atoms with Crippen molar-refractivity contribution in [3.63, 3.8) is 0 Å². The summed E-state index contributed by atoms with van der Waals surface area (Å²) in [5.74, 6) is -0.215. The number of thiazole rings is 1. The van der Waals surface area contributed by atoms with Gasteiger partial charge in [-0.05, 0) is 37.8 Å². The van der Waals surface area contributed by atoms with Crippen LogP contribution in [-0.4, -0.2) is 52.1 Å². The number of imide groups is 1. The summed E-state index contributed by atoms with van der Waals surface area (Å²) < 4.78 is 1.21. The van der Waals surface area contributed by atoms with Crippen LogP contribution in [0.15, 0.2) is 36.4 Å². The summed E-state index contributed by atoms with van der Waals surface area (Å²) in [6.45, 7) is 1.62. The molecule has 0 spiro atoms. The van der Waals surface area contributed by atoms with Gasteiger partial charge in [0.2, 0.25) is 17.7 Å². The van der Waals surface area contributed by atoms with E-state index in [1.165, 1.54) is 9.60 Å². The first-order valence-corrected chi connectivity index (χ1v) is 11.6. The number of fused-ring (bicyclic) bond motifs is 2. The van der Waals surface area contributed by atoms with Gasteiger partial charge < -0.3 is 4.90 Å². The Labute approximate surface area is 179 Å². The van der Waals surface area contributed by atoms with Crippen LogP contribution in [-0.2, 0) is 14.4 Å². The number of amides is 3. The molecule has 0 radical (unpaired) electrons. The lowest BCUT2D eigenvalue weighted by Crippen LogP contribution is -2.40. The van der Waals surface area contributed by atoms with Crippen LogP contribution >= 0.6 is 11.3 Å². The molecule has 0 saturated carbocycles. The third-order valence-electron chi connectivity index (χ3n) is 6.66. The largest absolute Gasteiger partial charge is 0.343 e. The zero-order valence-electron chi connectivity index (χ0n) is 16.8. The van der Waals surface area contributed by atoms with Crippen molar-refractivity contribution >= 4 is 39.3 Å². The first kappa shape index (κ1) is 19.4. The van der Waals surface area contributed by atoms with Gasteiger partial charge >= 0.3 is 0 Å². The average Bonchev–Trinajstić information content (AvgIpc) is 3.32. The predicted octanol–water partition coefficient (Wildman–Crippen LogP) is 3.34. The molecule has 5 rings (SSSR count). The highest BCUT2D eigenvalue weighted by atomic mass is 32.1. The van der Waals surface area contributed by atoms with Crippen molar-refractivity contribution < 1.29 is 14.4 Å². The number of carbonyl (C=O) groups is 3. The minimum absolute atomic E-state index is 0.0337. The fourth-order valence-electron chi connectivity index (χ4n) is 4.90. The van der Waals surface area contributed by atoms with Crippen LogP contribution in [0.2, 0.25) is 0 Å². The Bertz CT molecular complexity index is 963. The molecule has 3 heterocycles. The van der Waals surface area contributed by atoms with Gasteiger partial charge in [0.05, 0.1) is 27.1 Å². The number of piperidine rings is 1. The third-order valence-corrected chi connectivity index (χ3v) is 7.85. The number of benzene rings is 1. The molecule has 1 aromatic heterocycles. The molecule has 2 saturated heterocycles. The van der Waals surface area contributed by atoms with Crippen molar-refractivity contribution in [1.82, 2.24) is 14.8 Å². The number of nitrogens with zero attached hydrogens (tertiary/aromatic N) is 3. The maximum Gasteiger partial charge on any atom is 0.233 e. The Morgan fingerprint density at radius 3 is 2.37 bits per heavy atom. The van der Waals surface area contributed by atoms with Crippen molar-refractivity contribution in [1.29, 1.82) is 0 Å². The molecule has 0 unspecified atom stereocenters. The molecule has 1 aliphatic carbocycles. The molecule has 2 aliphatic heterocycles. The maximum atomic E-state index is 12.7. The molecule has 7 heteroatoms. The summed E-state index contributed by atoms with van der Waals surface area (Å²) in [6.07, 6.45) is 7.27. The van der Waals surface area contributed by atoms with Crippen LogP contribution in [0, 0.1) is 11.8 Å². The molecule has 30 heavy (non-hydrogen) atoms. The topological polar surface area (TPSA) is 70.6 Å². The number of carbonyl (C=O) groups excluding carboxylic acids is 3. The normalized spacial score (nSPS) is 24.7. The van der Waals surface area contributed by atoms with E-state index in [2.05, 4.69) is 6.07 Å². The Morgan fingerprint density at radius 1 is 1.03 bits per heavy atom. The smallest absolute Gasteiger partial charge is 0.233 e. The van der Waals surface area contributed by atoms with Crippen LogP contribution < -0.4 is 0 Å². The first-order chi connectivity index (χ1) is 14.6. The molecule has 2 atom stereocenters. The van der Waals surface area contributed by atoms with E-state index in [9.17, 15) is 14.4 Å². The van der Waals surface area contributed by atoms with Gasteiger partial charge in [-0.25, -0.2) is 4.98 Å². The van der Waals surface area contributed by atoms with Crippen LogP contribution in [0.5, 0.6) is 0 Å². The van der Waals surface area contributed by atoms with Crippen molar-refractivity contribution in [3.8, 4) is 0 Å². The molecule has 3 aliphatic rings. The zero-order chi connectivity index (χ0) is 20.7. The average molecular weight is 424 g/mol. The highest BCUT2D eigenvalue weighted by molar-refractivity contribution is 7.18. The van der Waals surface area contributed by atoms with Gasteiger partial charge in [-0.1, -0.05) is 24.3 Å². The molecule has 0 bridgehead atoms. The predicted molar refractivity (Wildman–Crippen MR) is 115 cm³/mol. The van der Waals surface area contributed by atoms with E-state index >= 15 is 0 Å². The summed E-state index contributed by atoms with van der Waals surface area (Å²) in [5, 5.41) is 1.16. The van der Waals surface area contributed by atoms with E-state index in [0.29, 0.717) is 31.8 Å². The number of likely N-dealkylation sites (tertiary alicyclic amines) is 2. The molecule has 156 valence electrons. The van der Waals surface area contributed by atoms with Gasteiger partial charge in [-0.2, -0.15) is 0 Å². The van der Waals surface area contributed by atoms with E-state index in [1.54, 1.807) is 11.3 Å². The van der Waals surface area contributed by atoms with Gasteiger partial charge in [0.15, 0.2) is 0 Å². The van der Waals surface area contributed by atoms with E-state index in [1.807, 2.05) is 35.3 Å². The van der Waals surface area contributed by atoms with Gasteiger partial charge in [0.1, 0.15) is 0 Å². The number of aromatic nitrogens is 1. The van der Waals surface area contributed by atoms with Crippen LogP contribution in [0.25, 0.3) is 10.2 Å². The summed E-state index contributed by atoms with van der Waals surface area (Å²) in [4.78, 5) is 45.8. The second kappa shape index (κ2) is 7.95. The number of hydrogen-bond donors (Lipinski definition) is 0. The number of rotatable bonds is 4. The summed E-state index contributed by atoms with van der Waals surface area (Å²) in [5.41, 5.74) is 1.05. The third kappa shape index (κ3) is 3.45. The Balaban J connectivity index is 1.15. The number of hydrogen-bond acceptors (Lipinski definition) is 5. The van der Waals surface area contributed by atoms with Crippen LogP contribution in [0.1, 0.15) is 43.0 Å². The Morgan fingerprint density at radius 2 is 1.70 bits per heavy atom. The fraction of sp³-hybridized carbons (Fsp3) is 0.478. The first-order valence-electron chi connectivity index (χ1n) is 10.8. The second-order valence-corrected chi connectivity index (χ2v) is 9.47. The Hall–Kier alpha value is -2.54. The molecule has 1 aromatic carbocycles. The monoisotopic (exact) mass is 423 g/mol. The van der Waals surface area contributed by atoms with Crippen LogP contribution in [0.4, 0.5) is 0 Å². The van der Waals surface area contributed by atoms with Gasteiger partial charge in [0.25, 0.3) is 0 Å². The molecule has 6 nitrogen and oxygen atoms in total. The minimum Gasteiger partial charge on any atom is -0.343 e. The summed E-state index contributed by atoms with van der Waals surface area (Å²) in [6, 6.07) is 8.19. The van der Waals surface area contributed by atoms with E-state index in [0.717, 1.165) is 23.4 Å². The fourth-order valence-corrected chi connectivity index (χ4v) is 6.03. The Kier molecular flexibility index (Phi) is 5.15. The SMILES string of the molecule is O=C(CCN1C(=O)[C@H]2CC=CC[C@@H]2C1=O)N1CCC(c2nc3ccccc3s2)CC1. The van der Waals surface area contributed by atoms with E-state index < -0.39 is 0 Å². The van der Waals surface area contributed by atoms with E-state index in [4.69, 9.17) is 4.98 Å². The van der Waals surface area contributed by atoms with Gasteiger partial charge in [-0.15, -0.1) is 11.3 Å². The summed E-state index contributed by atoms with van der Waals surface area (Å²) in [7, 11) is 0. The summed E-state index contributed by atoms with van der Waals surface area (Å²) >= 11 is 1.75. The van der Waals surface area contributed by atoms with Crippen molar-refractivity contribution in [2.24, 2.45) is 11.8 Å². The van der Waals surface area contributed by atoms with E-state index in [-0.39, 0.29) is 42.5 Å². The van der Waals surface area contributed by atoms with Gasteiger partial charge in [-0.3, -0.25) is 19.3 Å². The molecular formula is C23H25N3O3S. The molecule has 3 amide bonds. The van der Waals surface area contributed by atoms with Gasteiger partial charge in [0, 0.05) is 32.0 Å². The zero-order valence-corrected chi connectivity index (χ0v) is 17.6. The lowest BCUT2D eigenvalue weighted by atomic mass is 9.85. The minimum atomic E-state index is -0.220. The standard InChI is InChI=1S/C23H25N3O3S/c27-20(11-14-26-22(28)16-5-1-2-6-17(16)23(26)29)25-12-9-15(10-13-25)21-24-18-7-3-4-8-19(18)30-21/h1-4,7-8,15-17H,5-6,9-14H2/t16-,17-/m0/s1. The van der Waals surface area contributed by atoms with Crippen molar-refractivity contribution in [2.45, 2.75) is 38.0 Å². The highest BCUT2D eigenvalue weighted by Crippen LogP contribution is 2.36. The van der Waals surface area contributed by atoms with Crippen molar-refractivity contribution in [2.75, 3.05) is 19.6 Å². The highest BCUT2D eigenvalue weighted by Gasteiger charge is 2.47. The molecular weight excluding hydrogens is 398 g/mol. The molecule has 2 fully saturated rings. The molecule has 2 aromatic rings. The van der Waals surface area contributed by atoms with Crippen LogP contribution in [0.3, 0.4) is 0 Å². The quantitative estimate of drug-likeness (QED) is 0.559. The second-order valence-electron chi connectivity index (χ2n) is 8.41. The lowest BCUT2D eigenvalue weighted by molar-refractivity contribution is -0.141. The van der Waals surface area contributed by atoms with Crippen molar-refractivity contribution in [3.05, 3.63) is 41.4 Å². The lowest BCUT2D eigenvalue weighted by Gasteiger charge is -2.31. The maximum absolute atomic E-state index is 12.7. The number of para-hydroxylation sites is 1. The number of allylic oxidation sites excluding steroid dienone is 2.